The minimum Gasteiger partial charge on any atom is -0.488 e. The Hall–Kier alpha value is -3.10. The zero-order valence-electron chi connectivity index (χ0n) is 14.2. The van der Waals surface area contributed by atoms with Crippen molar-refractivity contribution < 1.29 is 9.13 Å². The highest BCUT2D eigenvalue weighted by Crippen LogP contribution is 2.38. The van der Waals surface area contributed by atoms with Crippen LogP contribution in [0.3, 0.4) is 0 Å². The molecule has 0 atom stereocenters. The van der Waals surface area contributed by atoms with Crippen molar-refractivity contribution in [1.82, 2.24) is 4.57 Å². The molecule has 0 fully saturated rings. The van der Waals surface area contributed by atoms with Gasteiger partial charge in [0.15, 0.2) is 0 Å². The van der Waals surface area contributed by atoms with E-state index in [4.69, 9.17) is 4.74 Å². The predicted octanol–water partition coefficient (Wildman–Crippen LogP) is 5.98. The highest BCUT2D eigenvalue weighted by Gasteiger charge is 2.20. The molecule has 1 heterocycles. The van der Waals surface area contributed by atoms with E-state index in [-0.39, 0.29) is 5.82 Å². The molecule has 0 spiro atoms. The predicted molar refractivity (Wildman–Crippen MR) is 106 cm³/mol. The molecule has 0 bridgehead atoms. The summed E-state index contributed by atoms with van der Waals surface area (Å²) in [6, 6.07) is 23.9. The number of hydrogen-bond acceptors (Lipinski definition) is 2. The second-order valence-corrected chi connectivity index (χ2v) is 6.77. The largest absolute Gasteiger partial charge is 0.488 e. The van der Waals surface area contributed by atoms with Gasteiger partial charge in [0.05, 0.1) is 16.5 Å². The summed E-state index contributed by atoms with van der Waals surface area (Å²) in [5.74, 6) is 0.327. The second-order valence-electron chi connectivity index (χ2n) is 6.01. The number of nitriles is 1. The van der Waals surface area contributed by atoms with Crippen LogP contribution in [0.15, 0.2) is 77.4 Å². The van der Waals surface area contributed by atoms with Gasteiger partial charge in [-0.3, -0.25) is 0 Å². The zero-order valence-corrected chi connectivity index (χ0v) is 15.8. The number of fused-ring (bicyclic) bond motifs is 1. The van der Waals surface area contributed by atoms with Crippen molar-refractivity contribution in [2.24, 2.45) is 0 Å². The molecule has 4 aromatic rings. The van der Waals surface area contributed by atoms with Crippen LogP contribution in [0.25, 0.3) is 16.6 Å². The van der Waals surface area contributed by atoms with Crippen LogP contribution in [0, 0.1) is 17.1 Å². The Morgan fingerprint density at radius 2 is 1.70 bits per heavy atom. The summed E-state index contributed by atoms with van der Waals surface area (Å²) in [7, 11) is 0. The number of benzene rings is 3. The van der Waals surface area contributed by atoms with Gasteiger partial charge in [-0.05, 0) is 57.9 Å². The van der Waals surface area contributed by atoms with Gasteiger partial charge in [0.25, 0.3) is 0 Å². The Balaban J connectivity index is 1.84. The van der Waals surface area contributed by atoms with Gasteiger partial charge >= 0.3 is 0 Å². The van der Waals surface area contributed by atoms with Gasteiger partial charge < -0.3 is 9.30 Å². The van der Waals surface area contributed by atoms with Crippen LogP contribution in [0.2, 0.25) is 0 Å². The van der Waals surface area contributed by atoms with E-state index in [1.54, 1.807) is 12.1 Å². The lowest BCUT2D eigenvalue weighted by molar-refractivity contribution is 0.310. The van der Waals surface area contributed by atoms with Gasteiger partial charge in [-0.2, -0.15) is 5.26 Å². The van der Waals surface area contributed by atoms with Crippen molar-refractivity contribution in [3.05, 3.63) is 94.3 Å². The Labute approximate surface area is 164 Å². The first-order chi connectivity index (χ1) is 13.2. The Morgan fingerprint density at radius 1 is 0.963 bits per heavy atom. The van der Waals surface area contributed by atoms with Gasteiger partial charge in [0.1, 0.15) is 28.8 Å². The third-order valence-electron chi connectivity index (χ3n) is 4.33. The summed E-state index contributed by atoms with van der Waals surface area (Å²) in [6.07, 6.45) is 0. The average Bonchev–Trinajstić information content (AvgIpc) is 2.99. The zero-order chi connectivity index (χ0) is 18.8. The van der Waals surface area contributed by atoms with E-state index in [2.05, 4.69) is 22.0 Å². The summed E-state index contributed by atoms with van der Waals surface area (Å²) < 4.78 is 21.8. The van der Waals surface area contributed by atoms with E-state index in [1.165, 1.54) is 12.1 Å². The first-order valence-corrected chi connectivity index (χ1v) is 9.14. The summed E-state index contributed by atoms with van der Waals surface area (Å²) in [5, 5.41) is 10.5. The number of nitrogens with zero attached hydrogens (tertiary/aromatic N) is 2. The van der Waals surface area contributed by atoms with Crippen LogP contribution < -0.4 is 4.74 Å². The minimum atomic E-state index is -0.307. The van der Waals surface area contributed by atoms with Gasteiger partial charge in [0.2, 0.25) is 0 Å². The van der Waals surface area contributed by atoms with Crippen molar-refractivity contribution in [1.29, 1.82) is 5.26 Å². The number of halogens is 2. The molecule has 0 saturated carbocycles. The first kappa shape index (κ1) is 17.3. The van der Waals surface area contributed by atoms with E-state index in [0.29, 0.717) is 22.5 Å². The summed E-state index contributed by atoms with van der Waals surface area (Å²) in [5.41, 5.74) is 3.11. The van der Waals surface area contributed by atoms with Crippen LogP contribution in [-0.2, 0) is 6.61 Å². The smallest absolute Gasteiger partial charge is 0.130 e. The molecule has 0 N–H and O–H groups in total. The normalized spacial score (nSPS) is 10.7. The van der Waals surface area contributed by atoms with Gasteiger partial charge in [-0.1, -0.05) is 36.4 Å². The van der Waals surface area contributed by atoms with E-state index in [0.717, 1.165) is 22.2 Å². The molecule has 0 radical (unpaired) electrons. The lowest BCUT2D eigenvalue weighted by Gasteiger charge is -2.10. The van der Waals surface area contributed by atoms with Crippen molar-refractivity contribution in [3.8, 4) is 17.5 Å². The van der Waals surface area contributed by atoms with Crippen molar-refractivity contribution >= 4 is 26.8 Å². The highest BCUT2D eigenvalue weighted by molar-refractivity contribution is 9.10. The molecular weight excluding hydrogens is 407 g/mol. The fourth-order valence-electron chi connectivity index (χ4n) is 3.08. The minimum absolute atomic E-state index is 0.307. The maximum atomic E-state index is 13.3. The number of hydrogen-bond donors (Lipinski definition) is 0. The molecule has 4 rings (SSSR count). The Bertz CT molecular complexity index is 1150. The molecule has 0 aliphatic carbocycles. The molecule has 27 heavy (non-hydrogen) atoms. The number of aromatic nitrogens is 1. The van der Waals surface area contributed by atoms with E-state index >= 15 is 0 Å². The van der Waals surface area contributed by atoms with Crippen LogP contribution >= 0.6 is 15.9 Å². The monoisotopic (exact) mass is 420 g/mol. The van der Waals surface area contributed by atoms with Crippen molar-refractivity contribution in [3.63, 3.8) is 0 Å². The number of ether oxygens (including phenoxy) is 1. The van der Waals surface area contributed by atoms with Crippen molar-refractivity contribution in [2.45, 2.75) is 6.61 Å². The first-order valence-electron chi connectivity index (χ1n) is 8.34. The second kappa shape index (κ2) is 7.26. The maximum Gasteiger partial charge on any atom is 0.130 e. The quantitative estimate of drug-likeness (QED) is 0.407. The molecule has 3 aromatic carbocycles. The Kier molecular flexibility index (Phi) is 4.66. The molecule has 3 nitrogen and oxygen atoms in total. The number of rotatable bonds is 4. The van der Waals surface area contributed by atoms with Gasteiger partial charge in [-0.15, -0.1) is 0 Å². The van der Waals surface area contributed by atoms with Crippen LogP contribution in [0.4, 0.5) is 4.39 Å². The van der Waals surface area contributed by atoms with Crippen molar-refractivity contribution in [2.75, 3.05) is 0 Å². The topological polar surface area (TPSA) is 38.0 Å². The van der Waals surface area contributed by atoms with E-state index < -0.39 is 0 Å². The van der Waals surface area contributed by atoms with Gasteiger partial charge in [-0.25, -0.2) is 4.39 Å². The standard InChI is InChI=1S/C22H14BrFN2O/c23-22-18(13-25)21-19(26(22)17-11-9-16(24)10-12-17)7-4-8-20(21)27-14-15-5-2-1-3-6-15/h1-12H,14H2. The van der Waals surface area contributed by atoms with E-state index in [9.17, 15) is 9.65 Å². The fraction of sp³-hybridized carbons (Fsp3) is 0.0455. The highest BCUT2D eigenvalue weighted by atomic mass is 79.9. The SMILES string of the molecule is N#Cc1c(Br)n(-c2ccc(F)cc2)c2cccc(OCc3ccccc3)c12. The molecule has 1 aromatic heterocycles. The fourth-order valence-corrected chi connectivity index (χ4v) is 3.76. The summed E-state index contributed by atoms with van der Waals surface area (Å²) in [6.45, 7) is 0.407. The molecule has 0 aliphatic heterocycles. The van der Waals surface area contributed by atoms with E-state index in [1.807, 2.05) is 53.1 Å². The average molecular weight is 421 g/mol. The molecule has 0 saturated heterocycles. The molecule has 5 heteroatoms. The molecule has 0 unspecified atom stereocenters. The molecule has 0 aliphatic rings. The van der Waals surface area contributed by atoms with Crippen LogP contribution in [-0.4, -0.2) is 4.57 Å². The van der Waals surface area contributed by atoms with Crippen LogP contribution in [0.5, 0.6) is 5.75 Å². The van der Waals surface area contributed by atoms with Gasteiger partial charge in [0, 0.05) is 5.69 Å². The summed E-state index contributed by atoms with van der Waals surface area (Å²) >= 11 is 3.53. The molecule has 132 valence electrons. The van der Waals surface area contributed by atoms with Crippen LogP contribution in [0.1, 0.15) is 11.1 Å². The molecular formula is C22H14BrFN2O. The Morgan fingerprint density at radius 3 is 2.41 bits per heavy atom. The third kappa shape index (κ3) is 3.20. The molecule has 0 amide bonds. The lowest BCUT2D eigenvalue weighted by Crippen LogP contribution is -1.96. The lowest BCUT2D eigenvalue weighted by atomic mass is 10.1. The maximum absolute atomic E-state index is 13.3. The third-order valence-corrected chi connectivity index (χ3v) is 5.08. The summed E-state index contributed by atoms with van der Waals surface area (Å²) in [4.78, 5) is 0.